The van der Waals surface area contributed by atoms with E-state index in [1.165, 1.54) is 23.0 Å². The molecule has 0 unspecified atom stereocenters. The Morgan fingerprint density at radius 1 is 1.24 bits per heavy atom. The first-order chi connectivity index (χ1) is 16.0. The zero-order chi connectivity index (χ0) is 23.4. The number of carbonyl (C=O) groups excluding carboxylic acids is 1. The highest BCUT2D eigenvalue weighted by Crippen LogP contribution is 2.29. The number of hydrogen-bond donors (Lipinski definition) is 0. The number of nitrogens with zero attached hydrogens (tertiary/aromatic N) is 4. The summed E-state index contributed by atoms with van der Waals surface area (Å²) in [5.41, 5.74) is 3.76. The average molecular weight is 469 g/mol. The molecule has 1 atom stereocenters. The number of halogens is 1. The van der Waals surface area contributed by atoms with E-state index < -0.39 is 0 Å². The second-order valence-corrected chi connectivity index (χ2v) is 9.78. The van der Waals surface area contributed by atoms with Crippen LogP contribution in [0.25, 0.3) is 0 Å². The molecule has 0 aliphatic carbocycles. The molecule has 1 fully saturated rings. The third-order valence-corrected chi connectivity index (χ3v) is 7.60. The number of thiophene rings is 1. The summed E-state index contributed by atoms with van der Waals surface area (Å²) < 4.78 is 16.5. The van der Waals surface area contributed by atoms with Gasteiger partial charge in [-0.2, -0.15) is 16.4 Å². The van der Waals surface area contributed by atoms with E-state index in [1.807, 2.05) is 45.6 Å². The molecule has 1 saturated heterocycles. The van der Waals surface area contributed by atoms with Gasteiger partial charge in [0.05, 0.1) is 11.3 Å². The molecule has 3 heterocycles. The summed E-state index contributed by atoms with van der Waals surface area (Å²) in [7, 11) is 1.88. The molecule has 0 saturated carbocycles. The van der Waals surface area contributed by atoms with E-state index in [0.717, 1.165) is 44.7 Å². The molecule has 4 rings (SSSR count). The third-order valence-electron chi connectivity index (χ3n) is 6.92. The predicted molar refractivity (Wildman–Crippen MR) is 131 cm³/mol. The lowest BCUT2D eigenvalue weighted by Gasteiger charge is -2.40. The molecule has 33 heavy (non-hydrogen) atoms. The van der Waals surface area contributed by atoms with Gasteiger partial charge in [0.1, 0.15) is 5.82 Å². The second-order valence-electron chi connectivity index (χ2n) is 9.00. The number of rotatable bonds is 8. The first-order valence-electron chi connectivity index (χ1n) is 11.7. The van der Waals surface area contributed by atoms with Gasteiger partial charge in [0, 0.05) is 43.3 Å². The van der Waals surface area contributed by atoms with Crippen LogP contribution in [0.4, 0.5) is 4.39 Å². The molecule has 1 aliphatic rings. The van der Waals surface area contributed by atoms with Gasteiger partial charge in [-0.05, 0) is 75.2 Å². The first kappa shape index (κ1) is 23.6. The van der Waals surface area contributed by atoms with Crippen LogP contribution in [0.1, 0.15) is 46.9 Å². The minimum absolute atomic E-state index is 0.0163. The molecule has 2 aromatic heterocycles. The van der Waals surface area contributed by atoms with Crippen LogP contribution in [-0.2, 0) is 19.5 Å². The number of carbonyl (C=O) groups is 1. The highest BCUT2D eigenvalue weighted by molar-refractivity contribution is 7.08. The molecule has 0 N–H and O–H groups in total. The molecule has 0 spiro atoms. The molecule has 3 aromatic rings. The number of hydrogen-bond acceptors (Lipinski definition) is 4. The van der Waals surface area contributed by atoms with Crippen molar-refractivity contribution in [1.29, 1.82) is 0 Å². The summed E-state index contributed by atoms with van der Waals surface area (Å²) in [5, 5.41) is 8.39. The van der Waals surface area contributed by atoms with E-state index in [4.69, 9.17) is 0 Å². The quantitative estimate of drug-likeness (QED) is 0.467. The standard InChI is InChI=1S/C26H33FN4OS/c1-4-31-17-23(19(2)28-31)16-30-12-9-20(10-13-30)25(15-21-7-5-6-8-24(21)27)29(3)26(32)22-11-14-33-18-22/h5-8,11,14,17-18,20,25H,4,9-10,12-13,15-16H2,1-3H3/t25-/m0/s1. The lowest BCUT2D eigenvalue weighted by molar-refractivity contribution is 0.0583. The maximum atomic E-state index is 14.5. The molecule has 176 valence electrons. The van der Waals surface area contributed by atoms with Crippen molar-refractivity contribution < 1.29 is 9.18 Å². The highest BCUT2D eigenvalue weighted by atomic mass is 32.1. The van der Waals surface area contributed by atoms with Gasteiger partial charge >= 0.3 is 0 Å². The van der Waals surface area contributed by atoms with Crippen LogP contribution in [-0.4, -0.2) is 51.7 Å². The molecule has 7 heteroatoms. The van der Waals surface area contributed by atoms with Crippen LogP contribution in [0.5, 0.6) is 0 Å². The van der Waals surface area contributed by atoms with E-state index >= 15 is 0 Å². The monoisotopic (exact) mass is 468 g/mol. The minimum atomic E-state index is -0.195. The van der Waals surface area contributed by atoms with Gasteiger partial charge in [-0.25, -0.2) is 4.39 Å². The molecule has 1 amide bonds. The van der Waals surface area contributed by atoms with Crippen LogP contribution < -0.4 is 0 Å². The van der Waals surface area contributed by atoms with E-state index in [-0.39, 0.29) is 17.8 Å². The predicted octanol–water partition coefficient (Wildman–Crippen LogP) is 5.01. The number of benzene rings is 1. The fourth-order valence-corrected chi connectivity index (χ4v) is 5.49. The van der Waals surface area contributed by atoms with Crippen molar-refractivity contribution in [2.75, 3.05) is 20.1 Å². The van der Waals surface area contributed by atoms with E-state index in [1.54, 1.807) is 6.07 Å². The summed E-state index contributed by atoms with van der Waals surface area (Å²) in [6.07, 6.45) is 4.66. The zero-order valence-electron chi connectivity index (χ0n) is 19.7. The van der Waals surface area contributed by atoms with Crippen molar-refractivity contribution in [3.63, 3.8) is 0 Å². The van der Waals surface area contributed by atoms with Gasteiger partial charge < -0.3 is 4.90 Å². The maximum absolute atomic E-state index is 14.5. The summed E-state index contributed by atoms with van der Waals surface area (Å²) >= 11 is 1.52. The Balaban J connectivity index is 1.47. The van der Waals surface area contributed by atoms with Crippen molar-refractivity contribution in [1.82, 2.24) is 19.6 Å². The molecule has 1 aromatic carbocycles. The number of amides is 1. The first-order valence-corrected chi connectivity index (χ1v) is 12.7. The smallest absolute Gasteiger partial charge is 0.254 e. The van der Waals surface area contributed by atoms with Gasteiger partial charge in [0.25, 0.3) is 5.91 Å². The maximum Gasteiger partial charge on any atom is 0.254 e. The highest BCUT2D eigenvalue weighted by Gasteiger charge is 2.32. The Morgan fingerprint density at radius 2 is 2.00 bits per heavy atom. The molecular formula is C26H33FN4OS. The summed E-state index contributed by atoms with van der Waals surface area (Å²) in [5.74, 6) is 0.148. The minimum Gasteiger partial charge on any atom is -0.338 e. The van der Waals surface area contributed by atoms with E-state index in [0.29, 0.717) is 23.5 Å². The molecule has 5 nitrogen and oxygen atoms in total. The number of aromatic nitrogens is 2. The largest absolute Gasteiger partial charge is 0.338 e. The van der Waals surface area contributed by atoms with Gasteiger partial charge in [0.2, 0.25) is 0 Å². The average Bonchev–Trinajstić information content (AvgIpc) is 3.48. The van der Waals surface area contributed by atoms with Crippen LogP contribution in [0.15, 0.2) is 47.3 Å². The second kappa shape index (κ2) is 10.6. The number of aryl methyl sites for hydroxylation is 2. The Hall–Kier alpha value is -2.51. The molecular weight excluding hydrogens is 435 g/mol. The fourth-order valence-electron chi connectivity index (χ4n) is 4.86. The number of piperidine rings is 1. The van der Waals surface area contributed by atoms with Gasteiger partial charge in [-0.1, -0.05) is 18.2 Å². The SMILES string of the molecule is CCn1cc(CN2CCC([C@H](Cc3ccccc3F)N(C)C(=O)c3ccsc3)CC2)c(C)n1. The van der Waals surface area contributed by atoms with Gasteiger partial charge in [-0.15, -0.1) is 0 Å². The van der Waals surface area contributed by atoms with Crippen LogP contribution >= 0.6 is 11.3 Å². The Labute approximate surface area is 199 Å². The lowest BCUT2D eigenvalue weighted by Crippen LogP contribution is -2.47. The van der Waals surface area contributed by atoms with Gasteiger partial charge in [0.15, 0.2) is 0 Å². The van der Waals surface area contributed by atoms with Gasteiger partial charge in [-0.3, -0.25) is 14.4 Å². The van der Waals surface area contributed by atoms with Crippen LogP contribution in [0.3, 0.4) is 0 Å². The Morgan fingerprint density at radius 3 is 2.64 bits per heavy atom. The number of likely N-dealkylation sites (tertiary alicyclic amines) is 1. The Kier molecular flexibility index (Phi) is 7.60. The fraction of sp³-hybridized carbons (Fsp3) is 0.462. The summed E-state index contributed by atoms with van der Waals surface area (Å²) in [4.78, 5) is 17.5. The van der Waals surface area contributed by atoms with Crippen molar-refractivity contribution >= 4 is 17.2 Å². The molecule has 0 bridgehead atoms. The zero-order valence-corrected chi connectivity index (χ0v) is 20.5. The number of likely N-dealkylation sites (N-methyl/N-ethyl adjacent to an activating group) is 1. The van der Waals surface area contributed by atoms with Crippen molar-refractivity contribution in [3.05, 3.63) is 75.5 Å². The van der Waals surface area contributed by atoms with Crippen molar-refractivity contribution in [2.24, 2.45) is 5.92 Å². The van der Waals surface area contributed by atoms with Crippen LogP contribution in [0, 0.1) is 18.7 Å². The topological polar surface area (TPSA) is 41.4 Å². The van der Waals surface area contributed by atoms with E-state index in [9.17, 15) is 9.18 Å². The van der Waals surface area contributed by atoms with E-state index in [2.05, 4.69) is 30.0 Å². The van der Waals surface area contributed by atoms with Crippen LogP contribution in [0.2, 0.25) is 0 Å². The normalized spacial score (nSPS) is 16.1. The van der Waals surface area contributed by atoms with Crippen molar-refractivity contribution in [2.45, 2.75) is 52.2 Å². The molecule has 1 aliphatic heterocycles. The summed E-state index contributed by atoms with van der Waals surface area (Å²) in [6.45, 7) is 7.89. The Bertz CT molecular complexity index is 1060. The van der Waals surface area contributed by atoms with Crippen molar-refractivity contribution in [3.8, 4) is 0 Å². The lowest BCUT2D eigenvalue weighted by atomic mass is 9.84. The molecule has 0 radical (unpaired) electrons. The summed E-state index contributed by atoms with van der Waals surface area (Å²) in [6, 6.07) is 8.77. The third kappa shape index (κ3) is 5.53.